The SMILES string of the molecule is CCC1(Cn2c(N)nc3ccccc32)CC1. The zero-order valence-corrected chi connectivity index (χ0v) is 9.61. The second-order valence-corrected chi connectivity index (χ2v) is 4.90. The molecule has 0 amide bonds. The van der Waals surface area contributed by atoms with Crippen LogP contribution in [-0.2, 0) is 6.54 Å². The monoisotopic (exact) mass is 215 g/mol. The van der Waals surface area contributed by atoms with Crippen molar-refractivity contribution in [3.05, 3.63) is 24.3 Å². The van der Waals surface area contributed by atoms with Gasteiger partial charge in [0.05, 0.1) is 11.0 Å². The highest BCUT2D eigenvalue weighted by Crippen LogP contribution is 2.50. The molecule has 1 aromatic heterocycles. The summed E-state index contributed by atoms with van der Waals surface area (Å²) in [4.78, 5) is 4.40. The van der Waals surface area contributed by atoms with Gasteiger partial charge in [-0.1, -0.05) is 19.1 Å². The highest BCUT2D eigenvalue weighted by atomic mass is 15.2. The van der Waals surface area contributed by atoms with Crippen LogP contribution in [0.25, 0.3) is 11.0 Å². The number of aromatic nitrogens is 2. The summed E-state index contributed by atoms with van der Waals surface area (Å²) in [5, 5.41) is 0. The molecule has 3 nitrogen and oxygen atoms in total. The van der Waals surface area contributed by atoms with E-state index in [1.807, 2.05) is 18.2 Å². The van der Waals surface area contributed by atoms with Gasteiger partial charge >= 0.3 is 0 Å². The van der Waals surface area contributed by atoms with Crippen molar-refractivity contribution in [3.63, 3.8) is 0 Å². The third-order valence-electron chi connectivity index (χ3n) is 3.88. The topological polar surface area (TPSA) is 43.8 Å². The highest BCUT2D eigenvalue weighted by Gasteiger charge is 2.41. The van der Waals surface area contributed by atoms with Crippen LogP contribution in [-0.4, -0.2) is 9.55 Å². The van der Waals surface area contributed by atoms with E-state index in [1.165, 1.54) is 24.8 Å². The van der Waals surface area contributed by atoms with Crippen LogP contribution < -0.4 is 5.73 Å². The third-order valence-corrected chi connectivity index (χ3v) is 3.88. The molecule has 1 aromatic carbocycles. The lowest BCUT2D eigenvalue weighted by atomic mass is 10.0. The van der Waals surface area contributed by atoms with E-state index < -0.39 is 0 Å². The van der Waals surface area contributed by atoms with Crippen molar-refractivity contribution in [3.8, 4) is 0 Å². The molecule has 3 rings (SSSR count). The molecule has 3 heteroatoms. The van der Waals surface area contributed by atoms with Gasteiger partial charge in [-0.25, -0.2) is 4.98 Å². The molecule has 16 heavy (non-hydrogen) atoms. The number of rotatable bonds is 3. The van der Waals surface area contributed by atoms with Crippen molar-refractivity contribution in [2.45, 2.75) is 32.7 Å². The number of hydrogen-bond acceptors (Lipinski definition) is 2. The third kappa shape index (κ3) is 1.39. The average Bonchev–Trinajstić information content (AvgIpc) is 3.01. The summed E-state index contributed by atoms with van der Waals surface area (Å²) in [6, 6.07) is 8.18. The second kappa shape index (κ2) is 3.24. The Morgan fingerprint density at radius 2 is 2.12 bits per heavy atom. The van der Waals surface area contributed by atoms with Crippen molar-refractivity contribution in [1.29, 1.82) is 0 Å². The van der Waals surface area contributed by atoms with Gasteiger partial charge in [-0.05, 0) is 36.8 Å². The summed E-state index contributed by atoms with van der Waals surface area (Å²) in [7, 11) is 0. The first-order valence-corrected chi connectivity index (χ1v) is 5.95. The lowest BCUT2D eigenvalue weighted by Gasteiger charge is -2.14. The van der Waals surface area contributed by atoms with Crippen LogP contribution in [0.4, 0.5) is 5.95 Å². The Bertz CT molecular complexity index is 523. The van der Waals surface area contributed by atoms with E-state index >= 15 is 0 Å². The van der Waals surface area contributed by atoms with E-state index in [-0.39, 0.29) is 0 Å². The molecule has 1 heterocycles. The summed E-state index contributed by atoms with van der Waals surface area (Å²) in [6.07, 6.45) is 3.89. The summed E-state index contributed by atoms with van der Waals surface area (Å²) in [5.41, 5.74) is 8.67. The van der Waals surface area contributed by atoms with Crippen molar-refractivity contribution in [2.75, 3.05) is 5.73 Å². The van der Waals surface area contributed by atoms with E-state index in [0.717, 1.165) is 12.1 Å². The van der Waals surface area contributed by atoms with Crippen LogP contribution in [0, 0.1) is 5.41 Å². The number of nitrogens with two attached hydrogens (primary N) is 1. The van der Waals surface area contributed by atoms with Gasteiger partial charge < -0.3 is 10.3 Å². The zero-order valence-electron chi connectivity index (χ0n) is 9.61. The number of para-hydroxylation sites is 2. The minimum absolute atomic E-state index is 0.498. The summed E-state index contributed by atoms with van der Waals surface area (Å²) in [6.45, 7) is 3.29. The molecule has 1 saturated carbocycles. The molecular formula is C13H17N3. The summed E-state index contributed by atoms with van der Waals surface area (Å²) < 4.78 is 2.17. The van der Waals surface area contributed by atoms with Gasteiger partial charge in [0.2, 0.25) is 5.95 Å². The quantitative estimate of drug-likeness (QED) is 0.855. The second-order valence-electron chi connectivity index (χ2n) is 4.90. The summed E-state index contributed by atoms with van der Waals surface area (Å²) in [5.74, 6) is 0.654. The number of nitrogens with zero attached hydrogens (tertiary/aromatic N) is 2. The molecule has 84 valence electrons. The number of benzene rings is 1. The van der Waals surface area contributed by atoms with Crippen molar-refractivity contribution >= 4 is 17.0 Å². The van der Waals surface area contributed by atoms with Crippen LogP contribution in [0.5, 0.6) is 0 Å². The standard InChI is InChI=1S/C13H17N3/c1-2-13(7-8-13)9-16-11-6-4-3-5-10(11)15-12(16)14/h3-6H,2,7-9H2,1H3,(H2,14,15). The van der Waals surface area contributed by atoms with Gasteiger partial charge in [-0.3, -0.25) is 0 Å². The van der Waals surface area contributed by atoms with Gasteiger partial charge in [0.1, 0.15) is 0 Å². The van der Waals surface area contributed by atoms with Crippen LogP contribution in [0.3, 0.4) is 0 Å². The number of anilines is 1. The minimum Gasteiger partial charge on any atom is -0.369 e. The molecule has 0 aliphatic heterocycles. The lowest BCUT2D eigenvalue weighted by Crippen LogP contribution is -2.12. The number of hydrogen-bond donors (Lipinski definition) is 1. The zero-order chi connectivity index (χ0) is 11.2. The van der Waals surface area contributed by atoms with Crippen LogP contribution >= 0.6 is 0 Å². The van der Waals surface area contributed by atoms with Crippen molar-refractivity contribution < 1.29 is 0 Å². The van der Waals surface area contributed by atoms with E-state index in [4.69, 9.17) is 5.73 Å². The molecule has 0 radical (unpaired) electrons. The fourth-order valence-corrected chi connectivity index (χ4v) is 2.40. The fraction of sp³-hybridized carbons (Fsp3) is 0.462. The van der Waals surface area contributed by atoms with Crippen molar-refractivity contribution in [2.24, 2.45) is 5.41 Å². The number of fused-ring (bicyclic) bond motifs is 1. The maximum atomic E-state index is 5.99. The molecular weight excluding hydrogens is 198 g/mol. The minimum atomic E-state index is 0.498. The highest BCUT2D eigenvalue weighted by molar-refractivity contribution is 5.78. The first-order chi connectivity index (χ1) is 7.74. The Labute approximate surface area is 95.3 Å². The van der Waals surface area contributed by atoms with Crippen LogP contribution in [0.1, 0.15) is 26.2 Å². The maximum absolute atomic E-state index is 5.99. The van der Waals surface area contributed by atoms with Gasteiger partial charge in [-0.15, -0.1) is 0 Å². The van der Waals surface area contributed by atoms with E-state index in [2.05, 4.69) is 22.5 Å². The number of nitrogen functional groups attached to an aromatic ring is 1. The molecule has 0 spiro atoms. The van der Waals surface area contributed by atoms with Crippen LogP contribution in [0.15, 0.2) is 24.3 Å². The molecule has 2 N–H and O–H groups in total. The molecule has 0 saturated heterocycles. The Morgan fingerprint density at radius 3 is 2.81 bits per heavy atom. The maximum Gasteiger partial charge on any atom is 0.201 e. The molecule has 0 bridgehead atoms. The first-order valence-electron chi connectivity index (χ1n) is 5.95. The Balaban J connectivity index is 2.05. The molecule has 0 unspecified atom stereocenters. The predicted molar refractivity (Wildman–Crippen MR) is 66.1 cm³/mol. The van der Waals surface area contributed by atoms with Gasteiger partial charge in [0, 0.05) is 6.54 Å². The van der Waals surface area contributed by atoms with Crippen molar-refractivity contribution in [1.82, 2.24) is 9.55 Å². The molecule has 2 aromatic rings. The van der Waals surface area contributed by atoms with Crippen LogP contribution in [0.2, 0.25) is 0 Å². The Morgan fingerprint density at radius 1 is 1.38 bits per heavy atom. The van der Waals surface area contributed by atoms with E-state index in [0.29, 0.717) is 11.4 Å². The molecule has 1 aliphatic rings. The van der Waals surface area contributed by atoms with Gasteiger partial charge in [0.15, 0.2) is 0 Å². The lowest BCUT2D eigenvalue weighted by molar-refractivity contribution is 0.418. The molecule has 1 aliphatic carbocycles. The number of imidazole rings is 1. The Kier molecular flexibility index (Phi) is 1.96. The van der Waals surface area contributed by atoms with Gasteiger partial charge in [-0.2, -0.15) is 0 Å². The first kappa shape index (κ1) is 9.70. The van der Waals surface area contributed by atoms with Gasteiger partial charge in [0.25, 0.3) is 0 Å². The normalized spacial score (nSPS) is 17.8. The summed E-state index contributed by atoms with van der Waals surface area (Å²) >= 11 is 0. The smallest absolute Gasteiger partial charge is 0.201 e. The molecule has 0 atom stereocenters. The average molecular weight is 215 g/mol. The fourth-order valence-electron chi connectivity index (χ4n) is 2.40. The largest absolute Gasteiger partial charge is 0.369 e. The van der Waals surface area contributed by atoms with E-state index in [9.17, 15) is 0 Å². The Hall–Kier alpha value is -1.51. The molecule has 1 fully saturated rings. The predicted octanol–water partition coefficient (Wildman–Crippen LogP) is 2.81. The van der Waals surface area contributed by atoms with E-state index in [1.54, 1.807) is 0 Å².